The van der Waals surface area contributed by atoms with Crippen molar-refractivity contribution in [3.63, 3.8) is 0 Å². The van der Waals surface area contributed by atoms with E-state index in [1.54, 1.807) is 6.33 Å². The van der Waals surface area contributed by atoms with Crippen LogP contribution in [-0.4, -0.2) is 53.6 Å². The fourth-order valence-corrected chi connectivity index (χ4v) is 3.52. The SMILES string of the molecule is CCOc1ccccc1C(=O)N1CCN(c2cc(-c3ccccc3)ncn2)CC1. The molecule has 29 heavy (non-hydrogen) atoms. The van der Waals surface area contributed by atoms with Crippen molar-refractivity contribution in [1.82, 2.24) is 14.9 Å². The fourth-order valence-electron chi connectivity index (χ4n) is 3.52. The van der Waals surface area contributed by atoms with E-state index in [-0.39, 0.29) is 5.91 Å². The van der Waals surface area contributed by atoms with Crippen LogP contribution in [0.3, 0.4) is 0 Å². The molecule has 6 nitrogen and oxygen atoms in total. The highest BCUT2D eigenvalue weighted by atomic mass is 16.5. The monoisotopic (exact) mass is 388 g/mol. The van der Waals surface area contributed by atoms with Crippen molar-refractivity contribution in [2.24, 2.45) is 0 Å². The molecule has 0 spiro atoms. The smallest absolute Gasteiger partial charge is 0.257 e. The van der Waals surface area contributed by atoms with Gasteiger partial charge in [0.25, 0.3) is 5.91 Å². The van der Waals surface area contributed by atoms with Gasteiger partial charge in [0.05, 0.1) is 17.9 Å². The number of nitrogens with zero attached hydrogens (tertiary/aromatic N) is 4. The number of rotatable bonds is 5. The Labute approximate surface area is 170 Å². The lowest BCUT2D eigenvalue weighted by molar-refractivity contribution is 0.0742. The molecule has 2 aromatic carbocycles. The Hall–Kier alpha value is -3.41. The molecular formula is C23H24N4O2. The molecule has 0 atom stereocenters. The van der Waals surface area contributed by atoms with Crippen molar-refractivity contribution in [2.75, 3.05) is 37.7 Å². The molecule has 1 aliphatic heterocycles. The van der Waals surface area contributed by atoms with Crippen LogP contribution in [0.1, 0.15) is 17.3 Å². The maximum Gasteiger partial charge on any atom is 0.257 e. The highest BCUT2D eigenvalue weighted by molar-refractivity contribution is 5.97. The zero-order valence-electron chi connectivity index (χ0n) is 16.5. The largest absolute Gasteiger partial charge is 0.493 e. The number of carbonyl (C=O) groups excluding carboxylic acids is 1. The van der Waals surface area contributed by atoms with Gasteiger partial charge in [0.15, 0.2) is 0 Å². The molecule has 1 amide bonds. The first-order valence-corrected chi connectivity index (χ1v) is 9.90. The van der Waals surface area contributed by atoms with Gasteiger partial charge in [0, 0.05) is 37.8 Å². The van der Waals surface area contributed by atoms with E-state index in [0.29, 0.717) is 31.0 Å². The van der Waals surface area contributed by atoms with Crippen LogP contribution < -0.4 is 9.64 Å². The summed E-state index contributed by atoms with van der Waals surface area (Å²) >= 11 is 0. The van der Waals surface area contributed by atoms with Gasteiger partial charge in [0.2, 0.25) is 0 Å². The second-order valence-electron chi connectivity index (χ2n) is 6.84. The standard InChI is InChI=1S/C23H24N4O2/c1-2-29-21-11-7-6-10-19(21)23(28)27-14-12-26(13-15-27)22-16-20(24-17-25-22)18-8-4-3-5-9-18/h3-11,16-17H,2,12-15H2,1H3. The van der Waals surface area contributed by atoms with Gasteiger partial charge in [-0.05, 0) is 19.1 Å². The van der Waals surface area contributed by atoms with Gasteiger partial charge >= 0.3 is 0 Å². The average molecular weight is 388 g/mol. The number of piperazine rings is 1. The van der Waals surface area contributed by atoms with Gasteiger partial charge in [0.1, 0.15) is 17.9 Å². The van der Waals surface area contributed by atoms with Crippen molar-refractivity contribution in [3.8, 4) is 17.0 Å². The Kier molecular flexibility index (Phi) is 5.70. The molecule has 1 aromatic heterocycles. The van der Waals surface area contributed by atoms with Crippen molar-refractivity contribution in [1.29, 1.82) is 0 Å². The van der Waals surface area contributed by atoms with Gasteiger partial charge in [-0.25, -0.2) is 9.97 Å². The Morgan fingerprint density at radius 1 is 0.966 bits per heavy atom. The molecule has 4 rings (SSSR count). The lowest BCUT2D eigenvalue weighted by Crippen LogP contribution is -2.49. The summed E-state index contributed by atoms with van der Waals surface area (Å²) < 4.78 is 5.62. The predicted molar refractivity (Wildman–Crippen MR) is 113 cm³/mol. The lowest BCUT2D eigenvalue weighted by atomic mass is 10.1. The fraction of sp³-hybridized carbons (Fsp3) is 0.261. The van der Waals surface area contributed by atoms with Crippen LogP contribution in [0.2, 0.25) is 0 Å². The first kappa shape index (κ1) is 18.9. The van der Waals surface area contributed by atoms with Crippen molar-refractivity contribution >= 4 is 11.7 Å². The van der Waals surface area contributed by atoms with E-state index in [4.69, 9.17) is 4.74 Å². The molecule has 0 aliphatic carbocycles. The summed E-state index contributed by atoms with van der Waals surface area (Å²) in [7, 11) is 0. The number of amides is 1. The van der Waals surface area contributed by atoms with Gasteiger partial charge in [-0.15, -0.1) is 0 Å². The molecule has 2 heterocycles. The number of aromatic nitrogens is 2. The molecule has 0 saturated carbocycles. The van der Waals surface area contributed by atoms with Crippen molar-refractivity contribution in [2.45, 2.75) is 6.92 Å². The summed E-state index contributed by atoms with van der Waals surface area (Å²) in [5.41, 5.74) is 2.59. The van der Waals surface area contributed by atoms with Crippen LogP contribution in [0.5, 0.6) is 5.75 Å². The highest BCUT2D eigenvalue weighted by Crippen LogP contribution is 2.23. The number of benzene rings is 2. The number of hydrogen-bond donors (Lipinski definition) is 0. The Morgan fingerprint density at radius 2 is 1.69 bits per heavy atom. The minimum Gasteiger partial charge on any atom is -0.493 e. The number of ether oxygens (including phenoxy) is 1. The molecule has 0 unspecified atom stereocenters. The van der Waals surface area contributed by atoms with E-state index in [1.807, 2.05) is 72.5 Å². The second-order valence-corrected chi connectivity index (χ2v) is 6.84. The molecule has 0 N–H and O–H groups in total. The number of carbonyl (C=O) groups is 1. The van der Waals surface area contributed by atoms with Gasteiger partial charge < -0.3 is 14.5 Å². The predicted octanol–water partition coefficient (Wildman–Crippen LogP) is 3.50. The van der Waals surface area contributed by atoms with Crippen LogP contribution >= 0.6 is 0 Å². The first-order valence-electron chi connectivity index (χ1n) is 9.90. The Morgan fingerprint density at radius 3 is 2.45 bits per heavy atom. The van der Waals surface area contributed by atoms with E-state index in [2.05, 4.69) is 14.9 Å². The summed E-state index contributed by atoms with van der Waals surface area (Å²) in [6, 6.07) is 19.5. The van der Waals surface area contributed by atoms with E-state index in [0.717, 1.165) is 30.2 Å². The van der Waals surface area contributed by atoms with Gasteiger partial charge in [-0.2, -0.15) is 0 Å². The summed E-state index contributed by atoms with van der Waals surface area (Å²) in [6.45, 7) is 5.20. The van der Waals surface area contributed by atoms with Crippen LogP contribution in [0.4, 0.5) is 5.82 Å². The molecule has 1 saturated heterocycles. The molecular weight excluding hydrogens is 364 g/mol. The molecule has 1 fully saturated rings. The summed E-state index contributed by atoms with van der Waals surface area (Å²) in [6.07, 6.45) is 1.60. The van der Waals surface area contributed by atoms with Crippen LogP contribution in [0, 0.1) is 0 Å². The molecule has 6 heteroatoms. The lowest BCUT2D eigenvalue weighted by Gasteiger charge is -2.35. The Balaban J connectivity index is 1.44. The normalized spacial score (nSPS) is 14.0. The van der Waals surface area contributed by atoms with Crippen LogP contribution in [0.15, 0.2) is 67.0 Å². The molecule has 148 valence electrons. The van der Waals surface area contributed by atoms with E-state index in [9.17, 15) is 4.79 Å². The van der Waals surface area contributed by atoms with Crippen molar-refractivity contribution < 1.29 is 9.53 Å². The minimum absolute atomic E-state index is 0.0152. The number of anilines is 1. The van der Waals surface area contributed by atoms with Gasteiger partial charge in [-0.3, -0.25) is 4.79 Å². The van der Waals surface area contributed by atoms with E-state index in [1.165, 1.54) is 0 Å². The molecule has 3 aromatic rings. The van der Waals surface area contributed by atoms with Crippen LogP contribution in [0.25, 0.3) is 11.3 Å². The minimum atomic E-state index is 0.0152. The highest BCUT2D eigenvalue weighted by Gasteiger charge is 2.25. The van der Waals surface area contributed by atoms with E-state index >= 15 is 0 Å². The number of para-hydroxylation sites is 1. The average Bonchev–Trinajstić information content (AvgIpc) is 2.80. The Bertz CT molecular complexity index is 969. The van der Waals surface area contributed by atoms with Crippen molar-refractivity contribution in [3.05, 3.63) is 72.6 Å². The zero-order valence-corrected chi connectivity index (χ0v) is 16.5. The summed E-state index contributed by atoms with van der Waals surface area (Å²) in [5, 5.41) is 0. The zero-order chi connectivity index (χ0) is 20.1. The summed E-state index contributed by atoms with van der Waals surface area (Å²) in [5.74, 6) is 1.55. The quantitative estimate of drug-likeness (QED) is 0.670. The molecule has 0 radical (unpaired) electrons. The molecule has 1 aliphatic rings. The third-order valence-corrected chi connectivity index (χ3v) is 5.03. The maximum atomic E-state index is 13.0. The summed E-state index contributed by atoms with van der Waals surface area (Å²) in [4.78, 5) is 25.9. The maximum absolute atomic E-state index is 13.0. The van der Waals surface area contributed by atoms with Gasteiger partial charge in [-0.1, -0.05) is 42.5 Å². The molecule has 0 bridgehead atoms. The third-order valence-electron chi connectivity index (χ3n) is 5.03. The first-order chi connectivity index (χ1) is 14.3. The number of hydrogen-bond acceptors (Lipinski definition) is 5. The van der Waals surface area contributed by atoms with E-state index < -0.39 is 0 Å². The third kappa shape index (κ3) is 4.21. The topological polar surface area (TPSA) is 58.6 Å². The van der Waals surface area contributed by atoms with Crippen LogP contribution in [-0.2, 0) is 0 Å². The second kappa shape index (κ2) is 8.73.